The van der Waals surface area contributed by atoms with Crippen LogP contribution in [0.25, 0.3) is 16.6 Å². The Bertz CT molecular complexity index is 657. The Morgan fingerprint density at radius 3 is 2.93 bits per heavy atom. The van der Waals surface area contributed by atoms with Crippen LogP contribution in [0.3, 0.4) is 0 Å². The zero-order valence-electron chi connectivity index (χ0n) is 7.92. The summed E-state index contributed by atoms with van der Waals surface area (Å²) in [5, 5.41) is 0.741. The quantitative estimate of drug-likeness (QED) is 0.549. The maximum atomic E-state index is 12.0. The summed E-state index contributed by atoms with van der Waals surface area (Å²) < 4.78 is 1.87. The minimum atomic E-state index is 0.0364. The van der Waals surface area contributed by atoms with Gasteiger partial charge < -0.3 is 4.57 Å². The molecule has 0 atom stereocenters. The summed E-state index contributed by atoms with van der Waals surface area (Å²) in [6.07, 6.45) is 5.12. The molecule has 2 aliphatic heterocycles. The summed E-state index contributed by atoms with van der Waals surface area (Å²) >= 11 is 0. The lowest BCUT2D eigenvalue weighted by molar-refractivity contribution is 1.12. The lowest BCUT2D eigenvalue weighted by Gasteiger charge is -1.96. The number of hydrogen-bond donors (Lipinski definition) is 0. The van der Waals surface area contributed by atoms with Gasteiger partial charge in [-0.25, -0.2) is 0 Å². The summed E-state index contributed by atoms with van der Waals surface area (Å²) in [6.45, 7) is 0. The van der Waals surface area contributed by atoms with E-state index in [9.17, 15) is 4.79 Å². The van der Waals surface area contributed by atoms with Gasteiger partial charge in [0, 0.05) is 17.8 Å². The van der Waals surface area contributed by atoms with Gasteiger partial charge in [-0.3, -0.25) is 9.78 Å². The molecule has 1 aromatic rings. The summed E-state index contributed by atoms with van der Waals surface area (Å²) in [7, 11) is 0. The highest BCUT2D eigenvalue weighted by Gasteiger charge is 2.11. The molecule has 0 fully saturated rings. The molecular formula is C12H8N2O. The topological polar surface area (TPSA) is 34.9 Å². The summed E-state index contributed by atoms with van der Waals surface area (Å²) in [5.74, 6) is 0. The second-order valence-corrected chi connectivity index (χ2v) is 3.37. The summed E-state index contributed by atoms with van der Waals surface area (Å²) in [6, 6.07) is 9.39. The zero-order chi connectivity index (χ0) is 10.3. The third kappa shape index (κ3) is 1.06. The average Bonchev–Trinajstić information content (AvgIpc) is 2.48. The molecule has 15 heavy (non-hydrogen) atoms. The molecule has 0 radical (unpaired) electrons. The SMILES string of the molecule is O=c1c2cncccn-2c2ccccc12. The van der Waals surface area contributed by atoms with Gasteiger partial charge in [0.2, 0.25) is 5.43 Å². The number of nitrogens with zero attached hydrogens (tertiary/aromatic N) is 2. The molecule has 0 saturated carbocycles. The third-order valence-electron chi connectivity index (χ3n) is 2.50. The van der Waals surface area contributed by atoms with E-state index in [0.717, 1.165) is 10.9 Å². The molecule has 0 aliphatic carbocycles. The number of benzene rings is 1. The van der Waals surface area contributed by atoms with Crippen molar-refractivity contribution < 1.29 is 0 Å². The molecule has 2 heterocycles. The van der Waals surface area contributed by atoms with Crippen molar-refractivity contribution in [3.05, 3.63) is 59.1 Å². The Balaban J connectivity index is 2.64. The molecule has 0 unspecified atom stereocenters. The molecule has 0 amide bonds. The smallest absolute Gasteiger partial charge is 0.213 e. The van der Waals surface area contributed by atoms with E-state index in [2.05, 4.69) is 4.98 Å². The molecule has 0 N–H and O–H groups in total. The van der Waals surface area contributed by atoms with Crippen molar-refractivity contribution in [3.8, 4) is 5.69 Å². The van der Waals surface area contributed by atoms with E-state index in [0.29, 0.717) is 5.69 Å². The van der Waals surface area contributed by atoms with E-state index in [1.165, 1.54) is 0 Å². The van der Waals surface area contributed by atoms with Crippen molar-refractivity contribution in [2.24, 2.45) is 0 Å². The average molecular weight is 196 g/mol. The van der Waals surface area contributed by atoms with E-state index in [4.69, 9.17) is 0 Å². The summed E-state index contributed by atoms with van der Waals surface area (Å²) in [4.78, 5) is 16.0. The van der Waals surface area contributed by atoms with Gasteiger partial charge in [0.25, 0.3) is 0 Å². The monoisotopic (exact) mass is 196 g/mol. The predicted molar refractivity (Wildman–Crippen MR) is 58.5 cm³/mol. The van der Waals surface area contributed by atoms with E-state index < -0.39 is 0 Å². The summed E-state index contributed by atoms with van der Waals surface area (Å²) in [5.41, 5.74) is 1.58. The van der Waals surface area contributed by atoms with Crippen LogP contribution in [0.2, 0.25) is 0 Å². The molecule has 0 saturated heterocycles. The van der Waals surface area contributed by atoms with Gasteiger partial charge in [-0.15, -0.1) is 0 Å². The van der Waals surface area contributed by atoms with Crippen LogP contribution in [0.15, 0.2) is 53.7 Å². The maximum Gasteiger partial charge on any atom is 0.213 e. The molecule has 0 aromatic heterocycles. The van der Waals surface area contributed by atoms with Crippen molar-refractivity contribution in [2.75, 3.05) is 0 Å². The first-order valence-corrected chi connectivity index (χ1v) is 4.71. The van der Waals surface area contributed by atoms with Crippen molar-refractivity contribution in [2.45, 2.75) is 0 Å². The van der Waals surface area contributed by atoms with Crippen LogP contribution < -0.4 is 5.43 Å². The highest BCUT2D eigenvalue weighted by molar-refractivity contribution is 5.84. The Hall–Kier alpha value is -2.16. The van der Waals surface area contributed by atoms with Crippen molar-refractivity contribution in [3.63, 3.8) is 0 Å². The lowest BCUT2D eigenvalue weighted by atomic mass is 10.2. The van der Waals surface area contributed by atoms with Crippen LogP contribution in [0.5, 0.6) is 0 Å². The van der Waals surface area contributed by atoms with Crippen LogP contribution in [0, 0.1) is 0 Å². The first kappa shape index (κ1) is 8.17. The van der Waals surface area contributed by atoms with E-state index in [1.54, 1.807) is 12.4 Å². The number of aromatic nitrogens is 2. The molecule has 0 spiro atoms. The predicted octanol–water partition coefficient (Wildman–Crippen LogP) is 1.82. The zero-order valence-corrected chi connectivity index (χ0v) is 7.92. The number of para-hydroxylation sites is 1. The van der Waals surface area contributed by atoms with Crippen molar-refractivity contribution >= 4 is 10.9 Å². The fourth-order valence-electron chi connectivity index (χ4n) is 1.82. The maximum absolute atomic E-state index is 12.0. The molecule has 3 heteroatoms. The van der Waals surface area contributed by atoms with Gasteiger partial charge in [0.1, 0.15) is 5.69 Å². The van der Waals surface area contributed by atoms with Crippen LogP contribution in [-0.2, 0) is 0 Å². The first-order valence-electron chi connectivity index (χ1n) is 4.71. The number of hydrogen-bond acceptors (Lipinski definition) is 2. The van der Waals surface area contributed by atoms with Crippen LogP contribution in [-0.4, -0.2) is 9.55 Å². The van der Waals surface area contributed by atoms with Crippen molar-refractivity contribution in [1.82, 2.24) is 9.55 Å². The van der Waals surface area contributed by atoms with Gasteiger partial charge in [0.15, 0.2) is 0 Å². The molecule has 3 rings (SSSR count). The minimum absolute atomic E-state index is 0.0364. The molecule has 1 aromatic carbocycles. The fraction of sp³-hybridized carbons (Fsp3) is 0. The Morgan fingerprint density at radius 2 is 2.00 bits per heavy atom. The minimum Gasteiger partial charge on any atom is -0.312 e. The largest absolute Gasteiger partial charge is 0.312 e. The van der Waals surface area contributed by atoms with Crippen LogP contribution in [0.4, 0.5) is 0 Å². The Morgan fingerprint density at radius 1 is 1.13 bits per heavy atom. The van der Waals surface area contributed by atoms with Gasteiger partial charge in [-0.05, 0) is 18.2 Å². The molecule has 2 aliphatic rings. The first-order chi connectivity index (χ1) is 7.38. The normalized spacial score (nSPS) is 10.9. The van der Waals surface area contributed by atoms with Gasteiger partial charge in [-0.1, -0.05) is 12.1 Å². The number of rotatable bonds is 0. The highest BCUT2D eigenvalue weighted by atomic mass is 16.1. The Labute approximate surface area is 86.0 Å². The van der Waals surface area contributed by atoms with E-state index in [1.807, 2.05) is 41.1 Å². The van der Waals surface area contributed by atoms with E-state index in [-0.39, 0.29) is 5.43 Å². The molecule has 3 nitrogen and oxygen atoms in total. The second kappa shape index (κ2) is 2.92. The Kier molecular flexibility index (Phi) is 1.59. The molecule has 0 bridgehead atoms. The third-order valence-corrected chi connectivity index (χ3v) is 2.50. The van der Waals surface area contributed by atoms with Gasteiger partial charge >= 0.3 is 0 Å². The second-order valence-electron chi connectivity index (χ2n) is 3.37. The van der Waals surface area contributed by atoms with Crippen LogP contribution >= 0.6 is 0 Å². The van der Waals surface area contributed by atoms with Crippen molar-refractivity contribution in [1.29, 1.82) is 0 Å². The van der Waals surface area contributed by atoms with E-state index >= 15 is 0 Å². The van der Waals surface area contributed by atoms with Gasteiger partial charge in [-0.2, -0.15) is 0 Å². The highest BCUT2D eigenvalue weighted by Crippen LogP contribution is 2.16. The molecule has 72 valence electrons. The molecular weight excluding hydrogens is 188 g/mol. The standard InChI is InChI=1S/C12H8N2O/c15-12-9-4-1-2-5-10(9)14-7-3-6-13-8-11(12)14/h1-8H. The number of fused-ring (bicyclic) bond motifs is 3. The lowest BCUT2D eigenvalue weighted by Crippen LogP contribution is -2.00. The fourth-order valence-corrected chi connectivity index (χ4v) is 1.82. The van der Waals surface area contributed by atoms with Crippen LogP contribution in [0.1, 0.15) is 0 Å². The van der Waals surface area contributed by atoms with Gasteiger partial charge in [0.05, 0.1) is 11.7 Å².